The molecule has 0 bridgehead atoms. The number of aromatic nitrogens is 2. The van der Waals surface area contributed by atoms with E-state index in [2.05, 4.69) is 10.3 Å². The van der Waals surface area contributed by atoms with E-state index < -0.39 is 0 Å². The second kappa shape index (κ2) is 5.05. The maximum absolute atomic E-state index is 12.2. The molecule has 100 valence electrons. The molecule has 0 unspecified atom stereocenters. The molecule has 0 aliphatic heterocycles. The van der Waals surface area contributed by atoms with E-state index in [1.54, 1.807) is 48.3 Å². The van der Waals surface area contributed by atoms with Gasteiger partial charge in [-0.25, -0.2) is 4.98 Å². The molecule has 0 spiro atoms. The van der Waals surface area contributed by atoms with E-state index in [1.807, 2.05) is 18.2 Å². The quantitative estimate of drug-likeness (QED) is 0.793. The van der Waals surface area contributed by atoms with Crippen molar-refractivity contribution in [2.75, 3.05) is 12.4 Å². The molecule has 0 saturated carbocycles. The van der Waals surface area contributed by atoms with Gasteiger partial charge >= 0.3 is 0 Å². The van der Waals surface area contributed by atoms with Crippen molar-refractivity contribution in [1.82, 2.24) is 9.38 Å². The molecule has 2 heterocycles. The molecular weight excluding hydrogens is 254 g/mol. The van der Waals surface area contributed by atoms with E-state index >= 15 is 0 Å². The van der Waals surface area contributed by atoms with Gasteiger partial charge < -0.3 is 14.5 Å². The van der Waals surface area contributed by atoms with Crippen LogP contribution in [-0.2, 0) is 0 Å². The van der Waals surface area contributed by atoms with Crippen LogP contribution >= 0.6 is 0 Å². The summed E-state index contributed by atoms with van der Waals surface area (Å²) in [5.74, 6) is 0.529. The highest BCUT2D eigenvalue weighted by Crippen LogP contribution is 2.17. The minimum Gasteiger partial charge on any atom is -0.497 e. The van der Waals surface area contributed by atoms with Crippen LogP contribution in [0.15, 0.2) is 55.0 Å². The number of methoxy groups -OCH3 is 1. The van der Waals surface area contributed by atoms with Gasteiger partial charge in [0.15, 0.2) is 0 Å². The molecule has 0 aliphatic carbocycles. The fourth-order valence-electron chi connectivity index (χ4n) is 1.96. The Morgan fingerprint density at radius 2 is 2.20 bits per heavy atom. The standard InChI is InChI=1S/C15H13N3O2/c1-20-13-4-2-3-12(9-13)17-15(19)11-5-6-14-16-7-8-18(14)10-11/h2-10H,1H3,(H,17,19). The zero-order chi connectivity index (χ0) is 13.9. The number of rotatable bonds is 3. The first-order chi connectivity index (χ1) is 9.76. The van der Waals surface area contributed by atoms with Crippen LogP contribution in [0.1, 0.15) is 10.4 Å². The summed E-state index contributed by atoms with van der Waals surface area (Å²) in [7, 11) is 1.59. The third-order valence-electron chi connectivity index (χ3n) is 2.98. The van der Waals surface area contributed by atoms with E-state index in [9.17, 15) is 4.79 Å². The number of amides is 1. The van der Waals surface area contributed by atoms with Crippen molar-refractivity contribution in [3.8, 4) is 5.75 Å². The lowest BCUT2D eigenvalue weighted by Crippen LogP contribution is -2.12. The van der Waals surface area contributed by atoms with Crippen molar-refractivity contribution >= 4 is 17.2 Å². The summed E-state index contributed by atoms with van der Waals surface area (Å²) in [6.45, 7) is 0. The van der Waals surface area contributed by atoms with Gasteiger partial charge in [-0.05, 0) is 24.3 Å². The van der Waals surface area contributed by atoms with Crippen LogP contribution in [-0.4, -0.2) is 22.4 Å². The number of nitrogens with one attached hydrogen (secondary N) is 1. The van der Waals surface area contributed by atoms with E-state index in [-0.39, 0.29) is 5.91 Å². The zero-order valence-electron chi connectivity index (χ0n) is 10.9. The largest absolute Gasteiger partial charge is 0.497 e. The monoisotopic (exact) mass is 267 g/mol. The number of ether oxygens (including phenoxy) is 1. The highest BCUT2D eigenvalue weighted by atomic mass is 16.5. The van der Waals surface area contributed by atoms with Crippen LogP contribution in [0.4, 0.5) is 5.69 Å². The number of carbonyl (C=O) groups is 1. The van der Waals surface area contributed by atoms with Crippen molar-refractivity contribution < 1.29 is 9.53 Å². The van der Waals surface area contributed by atoms with Crippen molar-refractivity contribution in [1.29, 1.82) is 0 Å². The van der Waals surface area contributed by atoms with Crippen LogP contribution in [0.5, 0.6) is 5.75 Å². The van der Waals surface area contributed by atoms with Crippen LogP contribution in [0.3, 0.4) is 0 Å². The zero-order valence-corrected chi connectivity index (χ0v) is 10.9. The molecule has 3 rings (SSSR count). The lowest BCUT2D eigenvalue weighted by atomic mass is 10.2. The van der Waals surface area contributed by atoms with Gasteiger partial charge in [-0.3, -0.25) is 4.79 Å². The van der Waals surface area contributed by atoms with Gasteiger partial charge in [-0.15, -0.1) is 0 Å². The summed E-state index contributed by atoms with van der Waals surface area (Å²) < 4.78 is 6.93. The number of anilines is 1. The molecule has 2 aromatic heterocycles. The predicted molar refractivity (Wildman–Crippen MR) is 76.1 cm³/mol. The number of benzene rings is 1. The normalized spacial score (nSPS) is 10.4. The Morgan fingerprint density at radius 1 is 1.30 bits per heavy atom. The third kappa shape index (κ3) is 2.33. The Kier molecular flexibility index (Phi) is 3.09. The van der Waals surface area contributed by atoms with Gasteiger partial charge in [0.1, 0.15) is 11.4 Å². The summed E-state index contributed by atoms with van der Waals surface area (Å²) in [6.07, 6.45) is 5.24. The van der Waals surface area contributed by atoms with Crippen LogP contribution < -0.4 is 10.1 Å². The van der Waals surface area contributed by atoms with Gasteiger partial charge in [0, 0.05) is 30.3 Å². The van der Waals surface area contributed by atoms with E-state index in [1.165, 1.54) is 0 Å². The van der Waals surface area contributed by atoms with Gasteiger partial charge in [0.25, 0.3) is 5.91 Å². The highest BCUT2D eigenvalue weighted by Gasteiger charge is 2.07. The Balaban J connectivity index is 1.84. The first-order valence-corrected chi connectivity index (χ1v) is 6.14. The molecule has 0 atom stereocenters. The summed E-state index contributed by atoms with van der Waals surface area (Å²) in [6, 6.07) is 10.8. The lowest BCUT2D eigenvalue weighted by Gasteiger charge is -2.07. The summed E-state index contributed by atoms with van der Waals surface area (Å²) in [4.78, 5) is 16.3. The Morgan fingerprint density at radius 3 is 3.05 bits per heavy atom. The van der Waals surface area contributed by atoms with E-state index in [0.29, 0.717) is 17.0 Å². The summed E-state index contributed by atoms with van der Waals surface area (Å²) in [5, 5.41) is 2.84. The lowest BCUT2D eigenvalue weighted by molar-refractivity contribution is 0.102. The van der Waals surface area contributed by atoms with Gasteiger partial charge in [-0.2, -0.15) is 0 Å². The molecule has 5 nitrogen and oxygen atoms in total. The number of nitrogens with zero attached hydrogens (tertiary/aromatic N) is 2. The number of hydrogen-bond donors (Lipinski definition) is 1. The van der Waals surface area contributed by atoms with Crippen molar-refractivity contribution in [3.63, 3.8) is 0 Å². The molecule has 0 fully saturated rings. The number of pyridine rings is 1. The van der Waals surface area contributed by atoms with Gasteiger partial charge in [0.2, 0.25) is 0 Å². The minimum absolute atomic E-state index is 0.172. The SMILES string of the molecule is COc1cccc(NC(=O)c2ccc3nccn3c2)c1. The second-order valence-electron chi connectivity index (χ2n) is 4.30. The second-order valence-corrected chi connectivity index (χ2v) is 4.30. The molecule has 5 heteroatoms. The molecule has 1 aromatic carbocycles. The fraction of sp³-hybridized carbons (Fsp3) is 0.0667. The maximum atomic E-state index is 12.2. The average Bonchev–Trinajstić information content (AvgIpc) is 2.94. The Hall–Kier alpha value is -2.82. The van der Waals surface area contributed by atoms with Gasteiger partial charge in [-0.1, -0.05) is 6.07 Å². The van der Waals surface area contributed by atoms with Gasteiger partial charge in [0.05, 0.1) is 12.7 Å². The predicted octanol–water partition coefficient (Wildman–Crippen LogP) is 2.60. The first kappa shape index (κ1) is 12.2. The summed E-state index contributed by atoms with van der Waals surface area (Å²) in [5.41, 5.74) is 2.07. The Bertz CT molecular complexity index is 764. The number of imidazole rings is 1. The highest BCUT2D eigenvalue weighted by molar-refractivity contribution is 6.04. The molecule has 0 saturated heterocycles. The fourth-order valence-corrected chi connectivity index (χ4v) is 1.96. The van der Waals surface area contributed by atoms with Crippen LogP contribution in [0, 0.1) is 0 Å². The third-order valence-corrected chi connectivity index (χ3v) is 2.98. The smallest absolute Gasteiger partial charge is 0.257 e. The minimum atomic E-state index is -0.172. The molecule has 20 heavy (non-hydrogen) atoms. The molecule has 1 amide bonds. The Labute approximate surface area is 115 Å². The molecule has 0 radical (unpaired) electrons. The molecule has 3 aromatic rings. The van der Waals surface area contributed by atoms with Crippen molar-refractivity contribution in [3.05, 3.63) is 60.6 Å². The number of fused-ring (bicyclic) bond motifs is 1. The van der Waals surface area contributed by atoms with E-state index in [0.717, 1.165) is 5.65 Å². The molecule has 0 aliphatic rings. The number of carbonyl (C=O) groups excluding carboxylic acids is 1. The van der Waals surface area contributed by atoms with Crippen molar-refractivity contribution in [2.24, 2.45) is 0 Å². The maximum Gasteiger partial charge on any atom is 0.257 e. The number of hydrogen-bond acceptors (Lipinski definition) is 3. The van der Waals surface area contributed by atoms with Crippen LogP contribution in [0.25, 0.3) is 5.65 Å². The topological polar surface area (TPSA) is 55.6 Å². The van der Waals surface area contributed by atoms with Crippen molar-refractivity contribution in [2.45, 2.75) is 0 Å². The van der Waals surface area contributed by atoms with E-state index in [4.69, 9.17) is 4.74 Å². The first-order valence-electron chi connectivity index (χ1n) is 6.14. The molecule has 1 N–H and O–H groups in total. The summed E-state index contributed by atoms with van der Waals surface area (Å²) >= 11 is 0. The van der Waals surface area contributed by atoms with Crippen LogP contribution in [0.2, 0.25) is 0 Å². The average molecular weight is 267 g/mol. The molecular formula is C15H13N3O2.